The number of carbonyl (C=O) groups is 1. The molecule has 0 radical (unpaired) electrons. The molecule has 0 saturated heterocycles. The van der Waals surface area contributed by atoms with Crippen molar-refractivity contribution < 1.29 is 9.53 Å². The predicted molar refractivity (Wildman–Crippen MR) is 154 cm³/mol. The van der Waals surface area contributed by atoms with Gasteiger partial charge in [0.1, 0.15) is 16.8 Å². The highest BCUT2D eigenvalue weighted by molar-refractivity contribution is 8.00. The monoisotopic (exact) mass is 515 g/mol. The summed E-state index contributed by atoms with van der Waals surface area (Å²) in [6, 6.07) is 35.5. The van der Waals surface area contributed by atoms with Crippen LogP contribution >= 0.6 is 11.8 Å². The molecule has 0 unspecified atom stereocenters. The molecule has 1 heterocycles. The van der Waals surface area contributed by atoms with Crippen LogP contribution in [0, 0.1) is 11.3 Å². The molecule has 1 aromatic heterocycles. The van der Waals surface area contributed by atoms with Crippen molar-refractivity contribution in [2.75, 3.05) is 17.7 Å². The maximum absolute atomic E-state index is 13.0. The number of rotatable bonds is 8. The SMILES string of the molecule is CCOc1ccc(-c2cc(-c3ccccc3)c(C#N)c(SCC(=O)Nc3cccc4ccccc34)n2)cc1. The van der Waals surface area contributed by atoms with Crippen LogP contribution in [-0.2, 0) is 4.79 Å². The van der Waals surface area contributed by atoms with E-state index in [-0.39, 0.29) is 11.7 Å². The summed E-state index contributed by atoms with van der Waals surface area (Å²) in [5, 5.41) is 15.7. The van der Waals surface area contributed by atoms with Crippen molar-refractivity contribution in [3.05, 3.63) is 109 Å². The van der Waals surface area contributed by atoms with Gasteiger partial charge in [-0.25, -0.2) is 4.98 Å². The Morgan fingerprint density at radius 2 is 1.66 bits per heavy atom. The van der Waals surface area contributed by atoms with Gasteiger partial charge in [0.15, 0.2) is 0 Å². The molecule has 0 aliphatic heterocycles. The summed E-state index contributed by atoms with van der Waals surface area (Å²) >= 11 is 1.26. The molecular formula is C32H25N3O2S. The molecule has 1 amide bonds. The minimum Gasteiger partial charge on any atom is -0.494 e. The van der Waals surface area contributed by atoms with Gasteiger partial charge in [-0.05, 0) is 54.3 Å². The van der Waals surface area contributed by atoms with Gasteiger partial charge >= 0.3 is 0 Å². The maximum Gasteiger partial charge on any atom is 0.234 e. The summed E-state index contributed by atoms with van der Waals surface area (Å²) in [4.78, 5) is 17.8. The lowest BCUT2D eigenvalue weighted by molar-refractivity contribution is -0.113. The molecule has 0 aliphatic rings. The van der Waals surface area contributed by atoms with Crippen LogP contribution in [0.25, 0.3) is 33.2 Å². The predicted octanol–water partition coefficient (Wildman–Crippen LogP) is 7.57. The van der Waals surface area contributed by atoms with E-state index in [0.717, 1.165) is 44.6 Å². The van der Waals surface area contributed by atoms with Gasteiger partial charge in [-0.15, -0.1) is 0 Å². The summed E-state index contributed by atoms with van der Waals surface area (Å²) in [7, 11) is 0. The van der Waals surface area contributed by atoms with Crippen LogP contribution in [0.5, 0.6) is 5.75 Å². The van der Waals surface area contributed by atoms with Crippen molar-refractivity contribution in [1.82, 2.24) is 4.98 Å². The smallest absolute Gasteiger partial charge is 0.234 e. The molecule has 0 saturated carbocycles. The zero-order valence-corrected chi connectivity index (χ0v) is 21.7. The average Bonchev–Trinajstić information content (AvgIpc) is 2.97. The molecule has 186 valence electrons. The molecule has 0 fully saturated rings. The second-order valence-corrected chi connectivity index (χ2v) is 9.50. The number of anilines is 1. The van der Waals surface area contributed by atoms with Crippen molar-refractivity contribution in [3.63, 3.8) is 0 Å². The van der Waals surface area contributed by atoms with Crippen LogP contribution in [0.1, 0.15) is 12.5 Å². The highest BCUT2D eigenvalue weighted by Crippen LogP contribution is 2.35. The molecule has 38 heavy (non-hydrogen) atoms. The number of hydrogen-bond donors (Lipinski definition) is 1. The van der Waals surface area contributed by atoms with Gasteiger partial charge in [-0.2, -0.15) is 5.26 Å². The number of benzene rings is 4. The Morgan fingerprint density at radius 3 is 2.42 bits per heavy atom. The molecule has 4 aromatic carbocycles. The van der Waals surface area contributed by atoms with Crippen molar-refractivity contribution in [2.24, 2.45) is 0 Å². The van der Waals surface area contributed by atoms with Gasteiger partial charge in [0.2, 0.25) is 5.91 Å². The van der Waals surface area contributed by atoms with E-state index >= 15 is 0 Å². The van der Waals surface area contributed by atoms with Crippen LogP contribution < -0.4 is 10.1 Å². The summed E-state index contributed by atoms with van der Waals surface area (Å²) in [5.41, 5.74) is 4.54. The van der Waals surface area contributed by atoms with Crippen LogP contribution in [0.3, 0.4) is 0 Å². The second-order valence-electron chi connectivity index (χ2n) is 8.53. The first-order valence-electron chi connectivity index (χ1n) is 12.3. The van der Waals surface area contributed by atoms with Crippen LogP contribution in [0.15, 0.2) is 108 Å². The molecule has 0 bridgehead atoms. The molecule has 5 aromatic rings. The minimum atomic E-state index is -0.162. The molecule has 0 aliphatic carbocycles. The number of pyridine rings is 1. The molecule has 1 N–H and O–H groups in total. The third-order valence-corrected chi connectivity index (χ3v) is 7.02. The Kier molecular flexibility index (Phi) is 7.67. The van der Waals surface area contributed by atoms with Gasteiger partial charge in [0.25, 0.3) is 0 Å². The molecule has 5 nitrogen and oxygen atoms in total. The van der Waals surface area contributed by atoms with Crippen molar-refractivity contribution in [3.8, 4) is 34.2 Å². The number of nitrogens with one attached hydrogen (secondary N) is 1. The normalized spacial score (nSPS) is 10.6. The number of nitriles is 1. The molecule has 6 heteroatoms. The Labute approximate surface area is 226 Å². The first-order chi connectivity index (χ1) is 18.7. The van der Waals surface area contributed by atoms with E-state index in [1.807, 2.05) is 110 Å². The van der Waals surface area contributed by atoms with Gasteiger partial charge in [-0.3, -0.25) is 4.79 Å². The second kappa shape index (κ2) is 11.6. The third-order valence-electron chi connectivity index (χ3n) is 6.05. The van der Waals surface area contributed by atoms with E-state index < -0.39 is 0 Å². The lowest BCUT2D eigenvalue weighted by atomic mass is 9.99. The third kappa shape index (κ3) is 5.54. The topological polar surface area (TPSA) is 75.0 Å². The maximum atomic E-state index is 13.0. The fourth-order valence-corrected chi connectivity index (χ4v) is 5.07. The van der Waals surface area contributed by atoms with E-state index in [0.29, 0.717) is 17.2 Å². The van der Waals surface area contributed by atoms with Gasteiger partial charge in [0, 0.05) is 22.2 Å². The van der Waals surface area contributed by atoms with E-state index in [1.165, 1.54) is 11.8 Å². The first kappa shape index (κ1) is 25.1. The number of hydrogen-bond acceptors (Lipinski definition) is 5. The quantitative estimate of drug-likeness (QED) is 0.216. The van der Waals surface area contributed by atoms with Gasteiger partial charge in [0.05, 0.1) is 23.6 Å². The summed E-state index contributed by atoms with van der Waals surface area (Å²) in [6.07, 6.45) is 0. The molecular weight excluding hydrogens is 490 g/mol. The Morgan fingerprint density at radius 1 is 0.921 bits per heavy atom. The van der Waals surface area contributed by atoms with E-state index in [4.69, 9.17) is 9.72 Å². The molecule has 0 atom stereocenters. The lowest BCUT2D eigenvalue weighted by Crippen LogP contribution is -2.14. The molecule has 5 rings (SSSR count). The van der Waals surface area contributed by atoms with Crippen molar-refractivity contribution >= 4 is 34.1 Å². The Hall–Kier alpha value is -4.60. The highest BCUT2D eigenvalue weighted by atomic mass is 32.2. The van der Waals surface area contributed by atoms with Gasteiger partial charge in [-0.1, -0.05) is 78.5 Å². The van der Waals surface area contributed by atoms with Crippen molar-refractivity contribution in [1.29, 1.82) is 5.26 Å². The summed E-state index contributed by atoms with van der Waals surface area (Å²) < 4.78 is 5.58. The van der Waals surface area contributed by atoms with Crippen LogP contribution in [0.2, 0.25) is 0 Å². The number of aromatic nitrogens is 1. The standard InChI is InChI=1S/C32H25N3O2S/c1-2-37-25-17-15-24(16-18-25)30-19-27(23-9-4-3-5-10-23)28(20-33)32(35-30)38-21-31(36)34-29-14-8-12-22-11-6-7-13-26(22)29/h3-19H,2,21H2,1H3,(H,34,36). The minimum absolute atomic E-state index is 0.117. The number of carbonyl (C=O) groups excluding carboxylic acids is 1. The van der Waals surface area contributed by atoms with E-state index in [9.17, 15) is 10.1 Å². The fraction of sp³-hybridized carbons (Fsp3) is 0.0938. The number of thioether (sulfide) groups is 1. The van der Waals surface area contributed by atoms with Gasteiger partial charge < -0.3 is 10.1 Å². The van der Waals surface area contributed by atoms with E-state index in [1.54, 1.807) is 0 Å². The Bertz CT molecular complexity index is 1620. The number of amides is 1. The summed E-state index contributed by atoms with van der Waals surface area (Å²) in [5.74, 6) is 0.740. The van der Waals surface area contributed by atoms with Crippen LogP contribution in [-0.4, -0.2) is 23.3 Å². The lowest BCUT2D eigenvalue weighted by Gasteiger charge is -2.13. The highest BCUT2D eigenvalue weighted by Gasteiger charge is 2.17. The first-order valence-corrected chi connectivity index (χ1v) is 13.3. The number of ether oxygens (including phenoxy) is 1. The largest absolute Gasteiger partial charge is 0.494 e. The zero-order valence-electron chi connectivity index (χ0n) is 20.8. The Balaban J connectivity index is 1.46. The molecule has 0 spiro atoms. The number of nitrogens with zero attached hydrogens (tertiary/aromatic N) is 2. The van der Waals surface area contributed by atoms with Crippen molar-refractivity contribution in [2.45, 2.75) is 11.9 Å². The summed E-state index contributed by atoms with van der Waals surface area (Å²) in [6.45, 7) is 2.54. The zero-order chi connectivity index (χ0) is 26.3. The van der Waals surface area contributed by atoms with Crippen LogP contribution in [0.4, 0.5) is 5.69 Å². The number of fused-ring (bicyclic) bond motifs is 1. The van der Waals surface area contributed by atoms with E-state index in [2.05, 4.69) is 11.4 Å². The average molecular weight is 516 g/mol. The fourth-order valence-electron chi connectivity index (χ4n) is 4.27.